The molecular formula is C14H25N5O6S. The average molecular weight is 391 g/mol. The minimum Gasteiger partial charge on any atom is -0.480 e. The van der Waals surface area contributed by atoms with E-state index in [1.54, 1.807) is 13.8 Å². The molecular weight excluding hydrogens is 366 g/mol. The number of carbonyl (C=O) groups is 5. The predicted octanol–water partition coefficient (Wildman–Crippen LogP) is -3.05. The SMILES string of the molecule is CC(C)C(NC(=O)C(CS)NC(=O)CN)C(=O)NC(CC(N)=O)C(=O)O. The third-order valence-corrected chi connectivity index (χ3v) is 3.65. The Bertz CT molecular complexity index is 556. The van der Waals surface area contributed by atoms with Gasteiger partial charge in [0.15, 0.2) is 0 Å². The molecule has 0 saturated carbocycles. The van der Waals surface area contributed by atoms with Crippen LogP contribution in [0.4, 0.5) is 0 Å². The molecule has 0 bridgehead atoms. The first kappa shape index (κ1) is 23.7. The van der Waals surface area contributed by atoms with Crippen LogP contribution >= 0.6 is 12.6 Å². The van der Waals surface area contributed by atoms with E-state index in [-0.39, 0.29) is 12.3 Å². The van der Waals surface area contributed by atoms with Crippen molar-refractivity contribution in [3.8, 4) is 0 Å². The molecule has 0 aliphatic rings. The number of carboxylic acids is 1. The van der Waals surface area contributed by atoms with Gasteiger partial charge in [0.1, 0.15) is 18.1 Å². The number of hydrogen-bond acceptors (Lipinski definition) is 7. The normalized spacial score (nSPS) is 14.0. The van der Waals surface area contributed by atoms with Gasteiger partial charge >= 0.3 is 5.97 Å². The van der Waals surface area contributed by atoms with Crippen molar-refractivity contribution >= 4 is 42.2 Å². The maximum atomic E-state index is 12.3. The molecule has 0 aromatic carbocycles. The predicted molar refractivity (Wildman–Crippen MR) is 95.0 cm³/mol. The zero-order valence-electron chi connectivity index (χ0n) is 14.5. The summed E-state index contributed by atoms with van der Waals surface area (Å²) in [6, 6.07) is -3.64. The van der Waals surface area contributed by atoms with E-state index in [1.165, 1.54) is 0 Å². The Morgan fingerprint density at radius 3 is 1.96 bits per heavy atom. The van der Waals surface area contributed by atoms with E-state index in [1.807, 2.05) is 0 Å². The van der Waals surface area contributed by atoms with Crippen molar-refractivity contribution < 1.29 is 29.1 Å². The van der Waals surface area contributed by atoms with Gasteiger partial charge in [-0.3, -0.25) is 19.2 Å². The highest BCUT2D eigenvalue weighted by Crippen LogP contribution is 2.05. The van der Waals surface area contributed by atoms with Gasteiger partial charge < -0.3 is 32.5 Å². The van der Waals surface area contributed by atoms with E-state index >= 15 is 0 Å². The molecule has 0 heterocycles. The van der Waals surface area contributed by atoms with Crippen molar-refractivity contribution in [2.24, 2.45) is 17.4 Å². The lowest BCUT2D eigenvalue weighted by atomic mass is 10.0. The third-order valence-electron chi connectivity index (χ3n) is 3.29. The lowest BCUT2D eigenvalue weighted by molar-refractivity contribution is -0.144. The van der Waals surface area contributed by atoms with Crippen LogP contribution in [0.5, 0.6) is 0 Å². The molecule has 4 amide bonds. The second-order valence-corrected chi connectivity index (χ2v) is 6.17. The highest BCUT2D eigenvalue weighted by Gasteiger charge is 2.31. The number of carboxylic acid groups (broad SMARTS) is 1. The summed E-state index contributed by atoms with van der Waals surface area (Å²) < 4.78 is 0. The van der Waals surface area contributed by atoms with Crippen LogP contribution < -0.4 is 27.4 Å². The van der Waals surface area contributed by atoms with E-state index in [0.29, 0.717) is 0 Å². The number of carbonyl (C=O) groups excluding carboxylic acids is 4. The van der Waals surface area contributed by atoms with Crippen molar-refractivity contribution in [1.82, 2.24) is 16.0 Å². The molecule has 11 nitrogen and oxygen atoms in total. The molecule has 0 rings (SSSR count). The largest absolute Gasteiger partial charge is 0.480 e. The Kier molecular flexibility index (Phi) is 10.3. The highest BCUT2D eigenvalue weighted by molar-refractivity contribution is 7.80. The number of nitrogens with two attached hydrogens (primary N) is 2. The van der Waals surface area contributed by atoms with Crippen molar-refractivity contribution in [1.29, 1.82) is 0 Å². The minimum atomic E-state index is -1.52. The smallest absolute Gasteiger partial charge is 0.326 e. The summed E-state index contributed by atoms with van der Waals surface area (Å²) >= 11 is 3.97. The van der Waals surface area contributed by atoms with Gasteiger partial charge in [-0.25, -0.2) is 4.79 Å². The quantitative estimate of drug-likeness (QED) is 0.182. The van der Waals surface area contributed by atoms with Gasteiger partial charge in [0.25, 0.3) is 0 Å². The number of nitrogens with one attached hydrogen (secondary N) is 3. The summed E-state index contributed by atoms with van der Waals surface area (Å²) in [4.78, 5) is 57.9. The number of primary amides is 1. The molecule has 0 spiro atoms. The number of hydrogen-bond donors (Lipinski definition) is 7. The lowest BCUT2D eigenvalue weighted by Gasteiger charge is -2.25. The van der Waals surface area contributed by atoms with Crippen LogP contribution in [-0.2, 0) is 24.0 Å². The second kappa shape index (κ2) is 11.3. The van der Waals surface area contributed by atoms with Crippen molar-refractivity contribution in [3.05, 3.63) is 0 Å². The molecule has 26 heavy (non-hydrogen) atoms. The number of thiol groups is 1. The number of amides is 4. The average Bonchev–Trinajstić information content (AvgIpc) is 2.55. The molecule has 0 aliphatic heterocycles. The summed E-state index contributed by atoms with van der Waals surface area (Å²) in [5, 5.41) is 16.0. The summed E-state index contributed by atoms with van der Waals surface area (Å²) in [6.07, 6.45) is -0.592. The summed E-state index contributed by atoms with van der Waals surface area (Å²) in [7, 11) is 0. The van der Waals surface area contributed by atoms with Crippen LogP contribution in [0.3, 0.4) is 0 Å². The van der Waals surface area contributed by atoms with E-state index in [4.69, 9.17) is 16.6 Å². The molecule has 12 heteroatoms. The standard InChI is InChI=1S/C14H25N5O6S/c1-6(2)11(13(23)18-7(14(24)25)3-9(16)20)19-12(22)8(5-26)17-10(21)4-15/h6-8,11,26H,3-5,15H2,1-2H3,(H2,16,20)(H,17,21)(H,18,23)(H,19,22)(H,24,25). The van der Waals surface area contributed by atoms with Gasteiger partial charge in [-0.1, -0.05) is 13.8 Å². The molecule has 8 N–H and O–H groups in total. The molecule has 0 aromatic rings. The second-order valence-electron chi connectivity index (χ2n) is 5.81. The van der Waals surface area contributed by atoms with Crippen LogP contribution in [0.15, 0.2) is 0 Å². The van der Waals surface area contributed by atoms with Crippen molar-refractivity contribution in [3.63, 3.8) is 0 Å². The molecule has 3 atom stereocenters. The Balaban J connectivity index is 5.12. The Morgan fingerprint density at radius 2 is 1.58 bits per heavy atom. The Morgan fingerprint density at radius 1 is 1.00 bits per heavy atom. The van der Waals surface area contributed by atoms with Crippen LogP contribution in [0.2, 0.25) is 0 Å². The van der Waals surface area contributed by atoms with Gasteiger partial charge in [0.2, 0.25) is 23.6 Å². The van der Waals surface area contributed by atoms with Gasteiger partial charge in [0.05, 0.1) is 13.0 Å². The molecule has 0 aliphatic carbocycles. The van der Waals surface area contributed by atoms with E-state index in [0.717, 1.165) is 0 Å². The molecule has 0 saturated heterocycles. The van der Waals surface area contributed by atoms with Gasteiger partial charge in [-0.15, -0.1) is 0 Å². The van der Waals surface area contributed by atoms with Crippen molar-refractivity contribution in [2.75, 3.05) is 12.3 Å². The summed E-state index contributed by atoms with van der Waals surface area (Å²) in [5.74, 6) is -4.84. The first-order valence-corrected chi connectivity index (χ1v) is 8.38. The van der Waals surface area contributed by atoms with Crippen LogP contribution in [0, 0.1) is 5.92 Å². The van der Waals surface area contributed by atoms with Gasteiger partial charge in [-0.05, 0) is 5.92 Å². The fourth-order valence-corrected chi connectivity index (χ4v) is 2.16. The van der Waals surface area contributed by atoms with E-state index in [2.05, 4.69) is 28.6 Å². The fourth-order valence-electron chi connectivity index (χ4n) is 1.90. The third kappa shape index (κ3) is 8.16. The summed E-state index contributed by atoms with van der Waals surface area (Å²) in [5.41, 5.74) is 10.1. The van der Waals surface area contributed by atoms with Crippen molar-refractivity contribution in [2.45, 2.75) is 38.4 Å². The molecule has 3 unspecified atom stereocenters. The number of aliphatic carboxylic acids is 1. The maximum Gasteiger partial charge on any atom is 0.326 e. The van der Waals surface area contributed by atoms with Crippen LogP contribution in [0.1, 0.15) is 20.3 Å². The van der Waals surface area contributed by atoms with Gasteiger partial charge in [0, 0.05) is 5.75 Å². The van der Waals surface area contributed by atoms with Crippen LogP contribution in [-0.4, -0.2) is 65.1 Å². The maximum absolute atomic E-state index is 12.3. The molecule has 0 aromatic heterocycles. The molecule has 0 fully saturated rings. The zero-order chi connectivity index (χ0) is 20.4. The summed E-state index contributed by atoms with van der Waals surface area (Å²) in [6.45, 7) is 2.93. The Hall–Kier alpha value is -2.34. The Labute approximate surface area is 156 Å². The molecule has 0 radical (unpaired) electrons. The van der Waals surface area contributed by atoms with Crippen LogP contribution in [0.25, 0.3) is 0 Å². The topological polar surface area (TPSA) is 194 Å². The lowest BCUT2D eigenvalue weighted by Crippen LogP contribution is -2.58. The fraction of sp³-hybridized carbons (Fsp3) is 0.643. The van der Waals surface area contributed by atoms with E-state index < -0.39 is 60.1 Å². The minimum absolute atomic E-state index is 0.0383. The first-order chi connectivity index (χ1) is 12.0. The highest BCUT2D eigenvalue weighted by atomic mass is 32.1. The molecule has 148 valence electrons. The first-order valence-electron chi connectivity index (χ1n) is 7.75. The monoisotopic (exact) mass is 391 g/mol. The van der Waals surface area contributed by atoms with E-state index in [9.17, 15) is 24.0 Å². The number of rotatable bonds is 11. The van der Waals surface area contributed by atoms with Gasteiger partial charge in [-0.2, -0.15) is 12.6 Å². The zero-order valence-corrected chi connectivity index (χ0v) is 15.4.